The van der Waals surface area contributed by atoms with E-state index in [2.05, 4.69) is 5.32 Å². The molecule has 0 saturated heterocycles. The SMILES string of the molecule is COc1ccc(OC)c(CCC(=O)Nc2cc(C)c(Cl)cc2OC)c1. The Balaban J connectivity index is 2.08. The fourth-order valence-electron chi connectivity index (χ4n) is 2.47. The van der Waals surface area contributed by atoms with Gasteiger partial charge in [0.25, 0.3) is 0 Å². The fraction of sp³-hybridized carbons (Fsp3) is 0.316. The molecule has 0 aliphatic heterocycles. The van der Waals surface area contributed by atoms with Gasteiger partial charge in [0.1, 0.15) is 17.2 Å². The van der Waals surface area contributed by atoms with Gasteiger partial charge in [0.15, 0.2) is 0 Å². The third-order valence-corrected chi connectivity index (χ3v) is 4.27. The molecule has 0 saturated carbocycles. The Morgan fingerprint density at radius 2 is 1.76 bits per heavy atom. The molecule has 5 nitrogen and oxygen atoms in total. The molecular formula is C19H22ClNO4. The highest BCUT2D eigenvalue weighted by Crippen LogP contribution is 2.31. The van der Waals surface area contributed by atoms with Gasteiger partial charge in [-0.1, -0.05) is 11.6 Å². The van der Waals surface area contributed by atoms with Crippen LogP contribution in [0.5, 0.6) is 17.2 Å². The molecule has 6 heteroatoms. The highest BCUT2D eigenvalue weighted by molar-refractivity contribution is 6.31. The average Bonchev–Trinajstić information content (AvgIpc) is 2.62. The molecule has 2 rings (SSSR count). The van der Waals surface area contributed by atoms with Crippen LogP contribution >= 0.6 is 11.6 Å². The Bertz CT molecular complexity index is 761. The van der Waals surface area contributed by atoms with Crippen molar-refractivity contribution < 1.29 is 19.0 Å². The first-order valence-corrected chi connectivity index (χ1v) is 8.21. The van der Waals surface area contributed by atoms with Gasteiger partial charge in [0.2, 0.25) is 5.91 Å². The third-order valence-electron chi connectivity index (χ3n) is 3.86. The van der Waals surface area contributed by atoms with Crippen molar-refractivity contribution in [2.75, 3.05) is 26.6 Å². The number of halogens is 1. The van der Waals surface area contributed by atoms with Gasteiger partial charge in [-0.3, -0.25) is 4.79 Å². The number of carbonyl (C=O) groups is 1. The maximum atomic E-state index is 12.3. The van der Waals surface area contributed by atoms with Crippen molar-refractivity contribution in [2.45, 2.75) is 19.8 Å². The standard InChI is InChI=1S/C19H22ClNO4/c1-12-9-16(18(25-4)11-15(12)20)21-19(22)8-5-13-10-14(23-2)6-7-17(13)24-3/h6-7,9-11H,5,8H2,1-4H3,(H,21,22). The fourth-order valence-corrected chi connectivity index (χ4v) is 2.62. The number of methoxy groups -OCH3 is 3. The number of nitrogens with one attached hydrogen (secondary N) is 1. The molecule has 134 valence electrons. The quantitative estimate of drug-likeness (QED) is 0.799. The van der Waals surface area contributed by atoms with Crippen LogP contribution < -0.4 is 19.5 Å². The van der Waals surface area contributed by atoms with E-state index in [1.165, 1.54) is 7.11 Å². The molecule has 0 bridgehead atoms. The molecule has 0 spiro atoms. The van der Waals surface area contributed by atoms with Crippen LogP contribution in [0.3, 0.4) is 0 Å². The second-order valence-corrected chi connectivity index (χ2v) is 5.93. The van der Waals surface area contributed by atoms with Gasteiger partial charge in [-0.05, 0) is 48.7 Å². The first-order valence-electron chi connectivity index (χ1n) is 7.83. The molecule has 0 aliphatic rings. The summed E-state index contributed by atoms with van der Waals surface area (Å²) in [4.78, 5) is 12.3. The minimum absolute atomic E-state index is 0.120. The lowest BCUT2D eigenvalue weighted by Crippen LogP contribution is -2.13. The van der Waals surface area contributed by atoms with Gasteiger partial charge < -0.3 is 19.5 Å². The summed E-state index contributed by atoms with van der Waals surface area (Å²) in [6.45, 7) is 1.87. The zero-order valence-corrected chi connectivity index (χ0v) is 15.6. The summed E-state index contributed by atoms with van der Waals surface area (Å²) >= 11 is 6.09. The normalized spacial score (nSPS) is 10.3. The van der Waals surface area contributed by atoms with Gasteiger partial charge in [-0.25, -0.2) is 0 Å². The van der Waals surface area contributed by atoms with E-state index in [0.717, 1.165) is 22.6 Å². The topological polar surface area (TPSA) is 56.8 Å². The van der Waals surface area contributed by atoms with E-state index in [1.807, 2.05) is 25.1 Å². The Morgan fingerprint density at radius 1 is 1.04 bits per heavy atom. The van der Waals surface area contributed by atoms with Crippen molar-refractivity contribution in [3.05, 3.63) is 46.5 Å². The molecular weight excluding hydrogens is 342 g/mol. The van der Waals surface area contributed by atoms with E-state index in [9.17, 15) is 4.79 Å². The van der Waals surface area contributed by atoms with E-state index in [0.29, 0.717) is 29.3 Å². The number of hydrogen-bond acceptors (Lipinski definition) is 4. The van der Waals surface area contributed by atoms with E-state index in [-0.39, 0.29) is 5.91 Å². The molecule has 0 atom stereocenters. The number of ether oxygens (including phenoxy) is 3. The van der Waals surface area contributed by atoms with Crippen LogP contribution in [0, 0.1) is 6.92 Å². The molecule has 0 aliphatic carbocycles. The molecule has 25 heavy (non-hydrogen) atoms. The van der Waals surface area contributed by atoms with Crippen molar-refractivity contribution in [1.82, 2.24) is 0 Å². The lowest BCUT2D eigenvalue weighted by Gasteiger charge is -2.13. The second-order valence-electron chi connectivity index (χ2n) is 5.53. The molecule has 1 amide bonds. The van der Waals surface area contributed by atoms with Crippen LogP contribution in [0.15, 0.2) is 30.3 Å². The summed E-state index contributed by atoms with van der Waals surface area (Å²) in [5.74, 6) is 1.87. The van der Waals surface area contributed by atoms with Gasteiger partial charge in [0, 0.05) is 17.5 Å². The van der Waals surface area contributed by atoms with Crippen LogP contribution in [0.1, 0.15) is 17.5 Å². The molecule has 0 fully saturated rings. The minimum Gasteiger partial charge on any atom is -0.497 e. The zero-order chi connectivity index (χ0) is 18.4. The molecule has 2 aromatic carbocycles. The molecule has 0 radical (unpaired) electrons. The van der Waals surface area contributed by atoms with E-state index in [1.54, 1.807) is 26.4 Å². The van der Waals surface area contributed by atoms with Gasteiger partial charge in [-0.15, -0.1) is 0 Å². The van der Waals surface area contributed by atoms with E-state index < -0.39 is 0 Å². The third kappa shape index (κ3) is 4.79. The first kappa shape index (κ1) is 18.9. The molecule has 2 aromatic rings. The predicted octanol–water partition coefficient (Wildman–Crippen LogP) is 4.25. The Hall–Kier alpha value is -2.40. The maximum Gasteiger partial charge on any atom is 0.224 e. The average molecular weight is 364 g/mol. The summed E-state index contributed by atoms with van der Waals surface area (Å²) in [5, 5.41) is 3.46. The minimum atomic E-state index is -0.120. The molecule has 0 unspecified atom stereocenters. The Kier molecular flexibility index (Phi) is 6.53. The van der Waals surface area contributed by atoms with Crippen LogP contribution in [0.4, 0.5) is 5.69 Å². The van der Waals surface area contributed by atoms with Gasteiger partial charge >= 0.3 is 0 Å². The van der Waals surface area contributed by atoms with Gasteiger partial charge in [0.05, 0.1) is 27.0 Å². The number of amides is 1. The smallest absolute Gasteiger partial charge is 0.224 e. The number of hydrogen-bond donors (Lipinski definition) is 1. The predicted molar refractivity (Wildman–Crippen MR) is 99.2 cm³/mol. The lowest BCUT2D eigenvalue weighted by molar-refractivity contribution is -0.116. The van der Waals surface area contributed by atoms with Crippen LogP contribution in [-0.2, 0) is 11.2 Å². The summed E-state index contributed by atoms with van der Waals surface area (Å²) in [6, 6.07) is 9.02. The molecule has 0 aromatic heterocycles. The van der Waals surface area contributed by atoms with Crippen molar-refractivity contribution in [1.29, 1.82) is 0 Å². The molecule has 1 N–H and O–H groups in total. The highest BCUT2D eigenvalue weighted by atomic mass is 35.5. The van der Waals surface area contributed by atoms with Crippen molar-refractivity contribution in [2.24, 2.45) is 0 Å². The summed E-state index contributed by atoms with van der Waals surface area (Å²) < 4.78 is 15.8. The largest absolute Gasteiger partial charge is 0.497 e. The monoisotopic (exact) mass is 363 g/mol. The van der Waals surface area contributed by atoms with Crippen molar-refractivity contribution in [3.63, 3.8) is 0 Å². The number of carbonyl (C=O) groups excluding carboxylic acids is 1. The summed E-state index contributed by atoms with van der Waals surface area (Å²) in [7, 11) is 4.75. The zero-order valence-electron chi connectivity index (χ0n) is 14.8. The second kappa shape index (κ2) is 8.62. The number of benzene rings is 2. The van der Waals surface area contributed by atoms with Crippen LogP contribution in [0.2, 0.25) is 5.02 Å². The van der Waals surface area contributed by atoms with Crippen molar-refractivity contribution >= 4 is 23.2 Å². The van der Waals surface area contributed by atoms with E-state index >= 15 is 0 Å². The highest BCUT2D eigenvalue weighted by Gasteiger charge is 2.12. The number of aryl methyl sites for hydroxylation is 2. The maximum absolute atomic E-state index is 12.3. The Morgan fingerprint density at radius 3 is 2.40 bits per heavy atom. The lowest BCUT2D eigenvalue weighted by atomic mass is 10.1. The van der Waals surface area contributed by atoms with Crippen molar-refractivity contribution in [3.8, 4) is 17.2 Å². The number of rotatable bonds is 7. The van der Waals surface area contributed by atoms with Crippen LogP contribution in [0.25, 0.3) is 0 Å². The summed E-state index contributed by atoms with van der Waals surface area (Å²) in [6.07, 6.45) is 0.829. The first-order chi connectivity index (χ1) is 12.0. The van der Waals surface area contributed by atoms with Crippen LogP contribution in [-0.4, -0.2) is 27.2 Å². The Labute approximate surface area is 152 Å². The van der Waals surface area contributed by atoms with Gasteiger partial charge in [-0.2, -0.15) is 0 Å². The summed E-state index contributed by atoms with van der Waals surface area (Å²) in [5.41, 5.74) is 2.38. The number of anilines is 1. The molecule has 0 heterocycles. The van der Waals surface area contributed by atoms with E-state index in [4.69, 9.17) is 25.8 Å².